The molecule has 1 heterocycles. The Bertz CT molecular complexity index is 813. The van der Waals surface area contributed by atoms with Crippen LogP contribution in [0.3, 0.4) is 0 Å². The first-order valence-corrected chi connectivity index (χ1v) is 9.13. The van der Waals surface area contributed by atoms with E-state index in [2.05, 4.69) is 5.32 Å². The molecule has 1 amide bonds. The van der Waals surface area contributed by atoms with Gasteiger partial charge in [-0.15, -0.1) is 0 Å². The van der Waals surface area contributed by atoms with E-state index in [1.165, 1.54) is 0 Å². The van der Waals surface area contributed by atoms with Crippen LogP contribution in [0.2, 0.25) is 5.02 Å². The van der Waals surface area contributed by atoms with Crippen LogP contribution < -0.4 is 19.5 Å². The monoisotopic (exact) mass is 390 g/mol. The van der Waals surface area contributed by atoms with Gasteiger partial charge in [0, 0.05) is 24.7 Å². The number of nitrogens with zero attached hydrogens (tertiary/aromatic N) is 1. The van der Waals surface area contributed by atoms with Crippen LogP contribution in [0.15, 0.2) is 36.4 Å². The number of nitrogens with one attached hydrogen (secondary N) is 1. The summed E-state index contributed by atoms with van der Waals surface area (Å²) in [6, 6.07) is 11.0. The number of ether oxygens (including phenoxy) is 3. The van der Waals surface area contributed by atoms with Crippen LogP contribution in [-0.4, -0.2) is 44.7 Å². The van der Waals surface area contributed by atoms with E-state index < -0.39 is 0 Å². The SMILES string of the molecule is COc1cccc(NC(=O)CN(C)Cc2cc(Cl)c3c(c2)OCCCO3)c1. The van der Waals surface area contributed by atoms with Gasteiger partial charge in [0.25, 0.3) is 0 Å². The van der Waals surface area contributed by atoms with Crippen molar-refractivity contribution in [2.24, 2.45) is 0 Å². The minimum absolute atomic E-state index is 0.105. The molecule has 7 heteroatoms. The molecule has 1 aliphatic heterocycles. The second-order valence-corrected chi connectivity index (χ2v) is 6.82. The molecule has 2 aromatic rings. The van der Waals surface area contributed by atoms with Crippen molar-refractivity contribution in [3.05, 3.63) is 47.0 Å². The molecule has 0 unspecified atom stereocenters. The molecule has 0 aromatic heterocycles. The fraction of sp³-hybridized carbons (Fsp3) is 0.350. The zero-order chi connectivity index (χ0) is 19.2. The van der Waals surface area contributed by atoms with E-state index in [1.54, 1.807) is 13.2 Å². The highest BCUT2D eigenvalue weighted by molar-refractivity contribution is 6.32. The van der Waals surface area contributed by atoms with Crippen LogP contribution >= 0.6 is 11.6 Å². The lowest BCUT2D eigenvalue weighted by Gasteiger charge is -2.18. The quantitative estimate of drug-likeness (QED) is 0.816. The maximum Gasteiger partial charge on any atom is 0.238 e. The normalized spacial score (nSPS) is 13.2. The minimum Gasteiger partial charge on any atom is -0.497 e. The van der Waals surface area contributed by atoms with Gasteiger partial charge in [-0.3, -0.25) is 9.69 Å². The Morgan fingerprint density at radius 1 is 1.26 bits per heavy atom. The Balaban J connectivity index is 1.60. The van der Waals surface area contributed by atoms with Crippen LogP contribution in [0.4, 0.5) is 5.69 Å². The van der Waals surface area contributed by atoms with Gasteiger partial charge in [-0.05, 0) is 36.9 Å². The molecular weight excluding hydrogens is 368 g/mol. The molecule has 0 saturated carbocycles. The lowest BCUT2D eigenvalue weighted by Crippen LogP contribution is -2.29. The van der Waals surface area contributed by atoms with Gasteiger partial charge in [0.05, 0.1) is 31.9 Å². The zero-order valence-electron chi connectivity index (χ0n) is 15.5. The van der Waals surface area contributed by atoms with Crippen LogP contribution in [-0.2, 0) is 11.3 Å². The Hall–Kier alpha value is -2.44. The molecule has 27 heavy (non-hydrogen) atoms. The number of methoxy groups -OCH3 is 1. The summed E-state index contributed by atoms with van der Waals surface area (Å²) in [5.74, 6) is 1.84. The molecular formula is C20H23ClN2O4. The van der Waals surface area contributed by atoms with E-state index in [0.29, 0.717) is 47.7 Å². The maximum atomic E-state index is 12.3. The summed E-state index contributed by atoms with van der Waals surface area (Å²) in [6.45, 7) is 1.99. The van der Waals surface area contributed by atoms with Crippen molar-refractivity contribution in [3.8, 4) is 17.2 Å². The third kappa shape index (κ3) is 5.28. The maximum absolute atomic E-state index is 12.3. The van der Waals surface area contributed by atoms with Gasteiger partial charge >= 0.3 is 0 Å². The van der Waals surface area contributed by atoms with Crippen LogP contribution in [0.5, 0.6) is 17.2 Å². The molecule has 1 aliphatic rings. The predicted molar refractivity (Wildman–Crippen MR) is 105 cm³/mol. The molecule has 0 aliphatic carbocycles. The molecule has 0 radical (unpaired) electrons. The Kier molecular flexibility index (Phi) is 6.42. The van der Waals surface area contributed by atoms with Crippen LogP contribution in [0, 0.1) is 0 Å². The summed E-state index contributed by atoms with van der Waals surface area (Å²) in [6.07, 6.45) is 0.824. The van der Waals surface area contributed by atoms with Crippen molar-refractivity contribution in [1.82, 2.24) is 4.90 Å². The first-order valence-electron chi connectivity index (χ1n) is 8.75. The number of hydrogen-bond acceptors (Lipinski definition) is 5. The van der Waals surface area contributed by atoms with Crippen LogP contribution in [0.1, 0.15) is 12.0 Å². The van der Waals surface area contributed by atoms with Gasteiger partial charge < -0.3 is 19.5 Å². The van der Waals surface area contributed by atoms with E-state index >= 15 is 0 Å². The number of carbonyl (C=O) groups excluding carboxylic acids is 1. The predicted octanol–water partition coefficient (Wildman–Crippen LogP) is 3.58. The van der Waals surface area contributed by atoms with E-state index in [0.717, 1.165) is 12.0 Å². The Morgan fingerprint density at radius 3 is 2.89 bits per heavy atom. The molecule has 1 N–H and O–H groups in total. The number of benzene rings is 2. The molecule has 0 spiro atoms. The van der Waals surface area contributed by atoms with Crippen molar-refractivity contribution in [2.75, 3.05) is 39.2 Å². The van der Waals surface area contributed by atoms with Crippen molar-refractivity contribution < 1.29 is 19.0 Å². The zero-order valence-corrected chi connectivity index (χ0v) is 16.2. The summed E-state index contributed by atoms with van der Waals surface area (Å²) in [5, 5.41) is 3.40. The van der Waals surface area contributed by atoms with Gasteiger partial charge in [0.15, 0.2) is 11.5 Å². The molecule has 2 aromatic carbocycles. The minimum atomic E-state index is -0.105. The Morgan fingerprint density at radius 2 is 2.07 bits per heavy atom. The van der Waals surface area contributed by atoms with E-state index in [9.17, 15) is 4.79 Å². The Labute approximate surface area is 164 Å². The summed E-state index contributed by atoms with van der Waals surface area (Å²) in [7, 11) is 3.47. The number of likely N-dealkylation sites (N-methyl/N-ethyl adjacent to an activating group) is 1. The number of fused-ring (bicyclic) bond motifs is 1. The second kappa shape index (κ2) is 8.97. The smallest absolute Gasteiger partial charge is 0.238 e. The van der Waals surface area contributed by atoms with Gasteiger partial charge in [0.2, 0.25) is 5.91 Å². The first-order chi connectivity index (χ1) is 13.0. The molecule has 0 atom stereocenters. The highest BCUT2D eigenvalue weighted by atomic mass is 35.5. The number of halogens is 1. The van der Waals surface area contributed by atoms with Crippen molar-refractivity contribution in [1.29, 1.82) is 0 Å². The number of anilines is 1. The van der Waals surface area contributed by atoms with E-state index in [-0.39, 0.29) is 12.5 Å². The van der Waals surface area contributed by atoms with Crippen molar-refractivity contribution in [2.45, 2.75) is 13.0 Å². The molecule has 6 nitrogen and oxygen atoms in total. The molecule has 144 valence electrons. The van der Waals surface area contributed by atoms with Gasteiger partial charge in [0.1, 0.15) is 5.75 Å². The third-order valence-electron chi connectivity index (χ3n) is 4.08. The van der Waals surface area contributed by atoms with E-state index in [1.807, 2.05) is 42.3 Å². The number of rotatable bonds is 6. The highest BCUT2D eigenvalue weighted by Crippen LogP contribution is 2.38. The second-order valence-electron chi connectivity index (χ2n) is 6.41. The van der Waals surface area contributed by atoms with Gasteiger partial charge in [-0.1, -0.05) is 17.7 Å². The van der Waals surface area contributed by atoms with Gasteiger partial charge in [-0.2, -0.15) is 0 Å². The fourth-order valence-corrected chi connectivity index (χ4v) is 3.18. The number of amides is 1. The standard InChI is InChI=1S/C20H23ClN2O4/c1-23(13-19(24)22-15-5-3-6-16(11-15)25-2)12-14-9-17(21)20-18(10-14)26-7-4-8-27-20/h3,5-6,9-11H,4,7-8,12-13H2,1-2H3,(H,22,24). The van der Waals surface area contributed by atoms with E-state index in [4.69, 9.17) is 25.8 Å². The topological polar surface area (TPSA) is 60.0 Å². The van der Waals surface area contributed by atoms with Gasteiger partial charge in [-0.25, -0.2) is 0 Å². The molecule has 0 bridgehead atoms. The first kappa shape index (κ1) is 19.3. The van der Waals surface area contributed by atoms with Crippen molar-refractivity contribution >= 4 is 23.2 Å². The third-order valence-corrected chi connectivity index (χ3v) is 4.36. The molecule has 0 saturated heterocycles. The highest BCUT2D eigenvalue weighted by Gasteiger charge is 2.17. The summed E-state index contributed by atoms with van der Waals surface area (Å²) >= 11 is 6.33. The van der Waals surface area contributed by atoms with Crippen molar-refractivity contribution in [3.63, 3.8) is 0 Å². The lowest BCUT2D eigenvalue weighted by molar-refractivity contribution is -0.117. The largest absolute Gasteiger partial charge is 0.497 e. The lowest BCUT2D eigenvalue weighted by atomic mass is 10.2. The van der Waals surface area contributed by atoms with Crippen LogP contribution in [0.25, 0.3) is 0 Å². The molecule has 0 fully saturated rings. The summed E-state index contributed by atoms with van der Waals surface area (Å²) in [4.78, 5) is 14.2. The average molecular weight is 391 g/mol. The molecule has 3 rings (SSSR count). The number of carbonyl (C=O) groups is 1. The average Bonchev–Trinajstić information content (AvgIpc) is 2.87. The summed E-state index contributed by atoms with van der Waals surface area (Å²) < 4.78 is 16.5. The number of hydrogen-bond donors (Lipinski definition) is 1. The fourth-order valence-electron chi connectivity index (χ4n) is 2.89. The summed E-state index contributed by atoms with van der Waals surface area (Å²) in [5.41, 5.74) is 1.66.